The molecular weight excluding hydrogens is 140 g/mol. The summed E-state index contributed by atoms with van der Waals surface area (Å²) >= 11 is 0. The molecule has 0 saturated carbocycles. The van der Waals surface area contributed by atoms with Gasteiger partial charge >= 0.3 is 0 Å². The van der Waals surface area contributed by atoms with Crippen LogP contribution in [0.25, 0.3) is 0 Å². The number of nitrogens with zero attached hydrogens (tertiary/aromatic N) is 1. The maximum absolute atomic E-state index is 5.25. The summed E-state index contributed by atoms with van der Waals surface area (Å²) in [5, 5.41) is 3.38. The van der Waals surface area contributed by atoms with E-state index in [0.717, 1.165) is 18.9 Å². The Bertz CT molecular complexity index is 224. The maximum Gasteiger partial charge on any atom is 0.213 e. The molecule has 3 nitrogen and oxygen atoms in total. The third kappa shape index (κ3) is 1.05. The Morgan fingerprint density at radius 3 is 3.18 bits per heavy atom. The van der Waals surface area contributed by atoms with E-state index in [9.17, 15) is 0 Å². The molecule has 0 unspecified atom stereocenters. The van der Waals surface area contributed by atoms with Crippen molar-refractivity contribution in [2.24, 2.45) is 0 Å². The maximum atomic E-state index is 5.25. The molecule has 0 aromatic carbocycles. The van der Waals surface area contributed by atoms with Gasteiger partial charge in [0, 0.05) is 0 Å². The SMILES string of the molecule is C[C@@]1(c2ncco2)CCCN1. The van der Waals surface area contributed by atoms with Gasteiger partial charge in [-0.2, -0.15) is 0 Å². The Labute approximate surface area is 65.8 Å². The molecule has 0 bridgehead atoms. The molecule has 0 radical (unpaired) electrons. The van der Waals surface area contributed by atoms with Gasteiger partial charge in [0.05, 0.1) is 11.7 Å². The van der Waals surface area contributed by atoms with Gasteiger partial charge < -0.3 is 9.73 Å². The molecule has 1 saturated heterocycles. The summed E-state index contributed by atoms with van der Waals surface area (Å²) in [6.07, 6.45) is 5.65. The summed E-state index contributed by atoms with van der Waals surface area (Å²) in [6.45, 7) is 3.20. The van der Waals surface area contributed by atoms with Gasteiger partial charge in [-0.3, -0.25) is 0 Å². The van der Waals surface area contributed by atoms with Crippen molar-refractivity contribution in [3.8, 4) is 0 Å². The molecule has 1 fully saturated rings. The monoisotopic (exact) mass is 152 g/mol. The highest BCUT2D eigenvalue weighted by Crippen LogP contribution is 2.28. The molecule has 11 heavy (non-hydrogen) atoms. The fourth-order valence-electron chi connectivity index (χ4n) is 1.57. The van der Waals surface area contributed by atoms with Gasteiger partial charge in [0.15, 0.2) is 0 Å². The van der Waals surface area contributed by atoms with Crippen molar-refractivity contribution in [1.29, 1.82) is 0 Å². The van der Waals surface area contributed by atoms with Crippen LogP contribution in [0.5, 0.6) is 0 Å². The number of oxazole rings is 1. The first-order valence-electron chi connectivity index (χ1n) is 3.96. The molecule has 1 aromatic rings. The van der Waals surface area contributed by atoms with Crippen LogP contribution in [0.3, 0.4) is 0 Å². The predicted molar refractivity (Wildman–Crippen MR) is 41.1 cm³/mol. The van der Waals surface area contributed by atoms with E-state index < -0.39 is 0 Å². The van der Waals surface area contributed by atoms with Gasteiger partial charge in [0.1, 0.15) is 6.26 Å². The second kappa shape index (κ2) is 2.34. The lowest BCUT2D eigenvalue weighted by atomic mass is 10.0. The summed E-state index contributed by atoms with van der Waals surface area (Å²) in [5.41, 5.74) is -0.0104. The fourth-order valence-corrected chi connectivity index (χ4v) is 1.57. The third-order valence-corrected chi connectivity index (χ3v) is 2.27. The normalized spacial score (nSPS) is 31.0. The van der Waals surface area contributed by atoms with Crippen molar-refractivity contribution < 1.29 is 4.42 Å². The lowest BCUT2D eigenvalue weighted by molar-refractivity contribution is 0.320. The molecule has 1 aliphatic heterocycles. The highest BCUT2D eigenvalue weighted by Gasteiger charge is 2.33. The van der Waals surface area contributed by atoms with Crippen molar-refractivity contribution >= 4 is 0 Å². The van der Waals surface area contributed by atoms with Gasteiger partial charge in [-0.15, -0.1) is 0 Å². The van der Waals surface area contributed by atoms with E-state index in [1.54, 1.807) is 12.5 Å². The predicted octanol–water partition coefficient (Wildman–Crippen LogP) is 1.27. The van der Waals surface area contributed by atoms with Crippen LogP contribution in [-0.4, -0.2) is 11.5 Å². The second-order valence-electron chi connectivity index (χ2n) is 3.20. The summed E-state index contributed by atoms with van der Waals surface area (Å²) in [6, 6.07) is 0. The van der Waals surface area contributed by atoms with Gasteiger partial charge in [0.25, 0.3) is 0 Å². The Morgan fingerprint density at radius 1 is 1.73 bits per heavy atom. The molecular formula is C8H12N2O. The molecule has 2 rings (SSSR count). The summed E-state index contributed by atoms with van der Waals surface area (Å²) in [4.78, 5) is 4.14. The van der Waals surface area contributed by atoms with E-state index >= 15 is 0 Å². The first-order valence-corrected chi connectivity index (χ1v) is 3.96. The largest absolute Gasteiger partial charge is 0.447 e. The summed E-state index contributed by atoms with van der Waals surface area (Å²) in [7, 11) is 0. The molecule has 2 heterocycles. The van der Waals surface area contributed by atoms with E-state index in [1.807, 2.05) is 0 Å². The average Bonchev–Trinajstić information content (AvgIpc) is 2.55. The smallest absolute Gasteiger partial charge is 0.213 e. The van der Waals surface area contributed by atoms with Crippen molar-refractivity contribution in [2.45, 2.75) is 25.3 Å². The summed E-state index contributed by atoms with van der Waals surface area (Å²) < 4.78 is 5.25. The lowest BCUT2D eigenvalue weighted by Crippen LogP contribution is -2.33. The topological polar surface area (TPSA) is 38.1 Å². The molecule has 60 valence electrons. The first-order chi connectivity index (χ1) is 5.31. The minimum Gasteiger partial charge on any atom is -0.447 e. The highest BCUT2D eigenvalue weighted by molar-refractivity contribution is 5.03. The zero-order chi connectivity index (χ0) is 7.73. The van der Waals surface area contributed by atoms with Crippen molar-refractivity contribution in [3.05, 3.63) is 18.4 Å². The molecule has 3 heteroatoms. The Morgan fingerprint density at radius 2 is 2.64 bits per heavy atom. The molecule has 1 N–H and O–H groups in total. The molecule has 0 aliphatic carbocycles. The van der Waals surface area contributed by atoms with Crippen LogP contribution >= 0.6 is 0 Å². The van der Waals surface area contributed by atoms with E-state index in [0.29, 0.717) is 0 Å². The Hall–Kier alpha value is -0.830. The van der Waals surface area contributed by atoms with Gasteiger partial charge in [-0.1, -0.05) is 0 Å². The van der Waals surface area contributed by atoms with Gasteiger partial charge in [-0.25, -0.2) is 4.98 Å². The number of aromatic nitrogens is 1. The van der Waals surface area contributed by atoms with E-state index in [2.05, 4.69) is 17.2 Å². The van der Waals surface area contributed by atoms with E-state index in [-0.39, 0.29) is 5.54 Å². The first kappa shape index (κ1) is 6.85. The molecule has 1 aliphatic rings. The second-order valence-corrected chi connectivity index (χ2v) is 3.20. The number of nitrogens with one attached hydrogen (secondary N) is 1. The van der Waals surface area contributed by atoms with Crippen LogP contribution in [-0.2, 0) is 5.54 Å². The molecule has 0 spiro atoms. The number of hydrogen-bond donors (Lipinski definition) is 1. The average molecular weight is 152 g/mol. The number of rotatable bonds is 1. The lowest BCUT2D eigenvalue weighted by Gasteiger charge is -2.19. The van der Waals surface area contributed by atoms with E-state index in [1.165, 1.54) is 6.42 Å². The minimum absolute atomic E-state index is 0.0104. The van der Waals surface area contributed by atoms with Crippen LogP contribution in [0.4, 0.5) is 0 Å². The third-order valence-electron chi connectivity index (χ3n) is 2.27. The quantitative estimate of drug-likeness (QED) is 0.658. The zero-order valence-electron chi connectivity index (χ0n) is 6.63. The van der Waals surface area contributed by atoms with Crippen LogP contribution in [0.2, 0.25) is 0 Å². The molecule has 1 aromatic heterocycles. The van der Waals surface area contributed by atoms with Crippen LogP contribution in [0.1, 0.15) is 25.7 Å². The van der Waals surface area contributed by atoms with Crippen LogP contribution in [0.15, 0.2) is 16.9 Å². The Kier molecular flexibility index (Phi) is 1.46. The number of hydrogen-bond acceptors (Lipinski definition) is 3. The van der Waals surface area contributed by atoms with Gasteiger partial charge in [0.2, 0.25) is 5.89 Å². The van der Waals surface area contributed by atoms with Crippen molar-refractivity contribution in [3.63, 3.8) is 0 Å². The molecule has 1 atom stereocenters. The zero-order valence-corrected chi connectivity index (χ0v) is 6.63. The molecule has 0 amide bonds. The Balaban J connectivity index is 2.27. The summed E-state index contributed by atoms with van der Waals surface area (Å²) in [5.74, 6) is 0.815. The van der Waals surface area contributed by atoms with Crippen LogP contribution < -0.4 is 5.32 Å². The van der Waals surface area contributed by atoms with Gasteiger partial charge in [-0.05, 0) is 26.3 Å². The van der Waals surface area contributed by atoms with Crippen molar-refractivity contribution in [1.82, 2.24) is 10.3 Å². The standard InChI is InChI=1S/C8H12N2O/c1-8(3-2-4-10-8)7-9-5-6-11-7/h5-6,10H,2-4H2,1H3/t8-/m0/s1. The van der Waals surface area contributed by atoms with Crippen LogP contribution in [0, 0.1) is 0 Å². The fraction of sp³-hybridized carbons (Fsp3) is 0.625. The van der Waals surface area contributed by atoms with Crippen molar-refractivity contribution in [2.75, 3.05) is 6.54 Å². The van der Waals surface area contributed by atoms with E-state index in [4.69, 9.17) is 4.42 Å². The highest BCUT2D eigenvalue weighted by atomic mass is 16.3. The minimum atomic E-state index is -0.0104.